The largest absolute Gasteiger partial charge is 0.343 e. The van der Waals surface area contributed by atoms with Crippen molar-refractivity contribution in [2.75, 3.05) is 13.1 Å². The molecule has 1 aliphatic rings. The standard InChI is InChI=1S/C13H16N4O2/c18-12(15-6-1-2-7-15)5-9-17-13(19)11-4-3-8-16(11)10-14-17/h3-4,8,10H,1-2,5-7,9H2. The molecule has 2 aromatic rings. The lowest BCUT2D eigenvalue weighted by Gasteiger charge is -2.15. The van der Waals surface area contributed by atoms with Gasteiger partial charge in [-0.05, 0) is 25.0 Å². The van der Waals surface area contributed by atoms with Crippen LogP contribution in [0.4, 0.5) is 0 Å². The van der Waals surface area contributed by atoms with E-state index in [1.165, 1.54) is 4.68 Å². The van der Waals surface area contributed by atoms with E-state index in [2.05, 4.69) is 5.10 Å². The fourth-order valence-corrected chi connectivity index (χ4v) is 2.46. The number of fused-ring (bicyclic) bond motifs is 1. The summed E-state index contributed by atoms with van der Waals surface area (Å²) in [5.74, 6) is 0.112. The second-order valence-electron chi connectivity index (χ2n) is 4.80. The minimum atomic E-state index is -0.151. The molecule has 100 valence electrons. The Hall–Kier alpha value is -2.11. The molecule has 2 aromatic heterocycles. The smallest absolute Gasteiger partial charge is 0.291 e. The minimum absolute atomic E-state index is 0.112. The van der Waals surface area contributed by atoms with Crippen LogP contribution in [-0.2, 0) is 11.3 Å². The van der Waals surface area contributed by atoms with Crippen molar-refractivity contribution in [3.8, 4) is 0 Å². The Balaban J connectivity index is 1.72. The number of carbonyl (C=O) groups is 1. The van der Waals surface area contributed by atoms with Gasteiger partial charge in [-0.3, -0.25) is 9.59 Å². The molecule has 0 spiro atoms. The predicted octanol–water partition coefficient (Wildman–Crippen LogP) is 0.509. The first-order valence-electron chi connectivity index (χ1n) is 6.56. The summed E-state index contributed by atoms with van der Waals surface area (Å²) in [7, 11) is 0. The van der Waals surface area contributed by atoms with Crippen molar-refractivity contribution in [2.45, 2.75) is 25.8 Å². The maximum absolute atomic E-state index is 12.1. The maximum Gasteiger partial charge on any atom is 0.291 e. The fraction of sp³-hybridized carbons (Fsp3) is 0.462. The zero-order chi connectivity index (χ0) is 13.2. The molecular formula is C13H16N4O2. The maximum atomic E-state index is 12.1. The van der Waals surface area contributed by atoms with Crippen LogP contribution >= 0.6 is 0 Å². The van der Waals surface area contributed by atoms with Gasteiger partial charge in [-0.15, -0.1) is 0 Å². The number of aromatic nitrogens is 3. The molecule has 0 bridgehead atoms. The molecule has 0 aliphatic carbocycles. The van der Waals surface area contributed by atoms with Gasteiger partial charge in [0.1, 0.15) is 11.8 Å². The van der Waals surface area contributed by atoms with E-state index in [4.69, 9.17) is 0 Å². The molecule has 6 nitrogen and oxygen atoms in total. The number of hydrogen-bond acceptors (Lipinski definition) is 3. The second-order valence-corrected chi connectivity index (χ2v) is 4.80. The number of hydrogen-bond donors (Lipinski definition) is 0. The van der Waals surface area contributed by atoms with E-state index in [1.54, 1.807) is 29.1 Å². The van der Waals surface area contributed by atoms with Crippen LogP contribution in [0.25, 0.3) is 5.52 Å². The Bertz CT molecular complexity index is 652. The SMILES string of the molecule is O=C(CCn1ncn2cccc2c1=O)N1CCCC1. The summed E-state index contributed by atoms with van der Waals surface area (Å²) >= 11 is 0. The lowest BCUT2D eigenvalue weighted by molar-refractivity contribution is -0.130. The van der Waals surface area contributed by atoms with E-state index >= 15 is 0 Å². The van der Waals surface area contributed by atoms with E-state index < -0.39 is 0 Å². The van der Waals surface area contributed by atoms with Gasteiger partial charge in [-0.1, -0.05) is 0 Å². The summed E-state index contributed by atoms with van der Waals surface area (Å²) < 4.78 is 3.05. The third kappa shape index (κ3) is 2.25. The minimum Gasteiger partial charge on any atom is -0.343 e. The number of rotatable bonds is 3. The molecule has 0 unspecified atom stereocenters. The number of likely N-dealkylation sites (tertiary alicyclic amines) is 1. The van der Waals surface area contributed by atoms with Crippen molar-refractivity contribution in [2.24, 2.45) is 0 Å². The quantitative estimate of drug-likeness (QED) is 0.808. The highest BCUT2D eigenvalue weighted by molar-refractivity contribution is 5.76. The highest BCUT2D eigenvalue weighted by atomic mass is 16.2. The molecule has 19 heavy (non-hydrogen) atoms. The lowest BCUT2D eigenvalue weighted by Crippen LogP contribution is -2.31. The molecule has 1 amide bonds. The van der Waals surface area contributed by atoms with E-state index in [0.29, 0.717) is 18.5 Å². The van der Waals surface area contributed by atoms with Crippen LogP contribution in [0, 0.1) is 0 Å². The van der Waals surface area contributed by atoms with Gasteiger partial charge in [0.2, 0.25) is 5.91 Å². The molecule has 0 radical (unpaired) electrons. The Kier molecular flexibility index (Phi) is 3.06. The summed E-state index contributed by atoms with van der Waals surface area (Å²) in [5, 5.41) is 4.07. The summed E-state index contributed by atoms with van der Waals surface area (Å²) in [6.45, 7) is 2.04. The van der Waals surface area contributed by atoms with Crippen molar-refractivity contribution in [1.29, 1.82) is 0 Å². The summed E-state index contributed by atoms with van der Waals surface area (Å²) in [5.41, 5.74) is 0.436. The fourth-order valence-electron chi connectivity index (χ4n) is 2.46. The van der Waals surface area contributed by atoms with Crippen LogP contribution in [0.1, 0.15) is 19.3 Å². The van der Waals surface area contributed by atoms with Gasteiger partial charge in [-0.25, -0.2) is 4.68 Å². The van der Waals surface area contributed by atoms with Crippen LogP contribution in [0.15, 0.2) is 29.5 Å². The van der Waals surface area contributed by atoms with Gasteiger partial charge in [0, 0.05) is 25.7 Å². The molecule has 3 heterocycles. The van der Waals surface area contributed by atoms with Crippen molar-refractivity contribution in [3.63, 3.8) is 0 Å². The number of carbonyl (C=O) groups excluding carboxylic acids is 1. The Morgan fingerprint density at radius 2 is 2.11 bits per heavy atom. The van der Waals surface area contributed by atoms with Gasteiger partial charge < -0.3 is 9.30 Å². The molecule has 0 saturated carbocycles. The third-order valence-corrected chi connectivity index (χ3v) is 3.54. The van der Waals surface area contributed by atoms with Gasteiger partial charge in [0.15, 0.2) is 0 Å². The van der Waals surface area contributed by atoms with Gasteiger partial charge >= 0.3 is 0 Å². The number of amides is 1. The monoisotopic (exact) mass is 260 g/mol. The Morgan fingerprint density at radius 1 is 1.32 bits per heavy atom. The van der Waals surface area contributed by atoms with Crippen LogP contribution < -0.4 is 5.56 Å². The zero-order valence-corrected chi connectivity index (χ0v) is 10.7. The number of nitrogens with zero attached hydrogens (tertiary/aromatic N) is 4. The third-order valence-electron chi connectivity index (χ3n) is 3.54. The van der Waals surface area contributed by atoms with Crippen LogP contribution in [0.3, 0.4) is 0 Å². The molecule has 1 saturated heterocycles. The average Bonchev–Trinajstić information content (AvgIpc) is 3.09. The van der Waals surface area contributed by atoms with E-state index in [-0.39, 0.29) is 11.5 Å². The van der Waals surface area contributed by atoms with E-state index in [0.717, 1.165) is 25.9 Å². The van der Waals surface area contributed by atoms with E-state index in [1.807, 2.05) is 4.90 Å². The molecule has 3 rings (SSSR count). The second kappa shape index (κ2) is 4.87. The molecule has 1 fully saturated rings. The zero-order valence-electron chi connectivity index (χ0n) is 10.7. The molecule has 6 heteroatoms. The summed E-state index contributed by atoms with van der Waals surface area (Å²) in [6.07, 6.45) is 5.88. The van der Waals surface area contributed by atoms with Crippen molar-refractivity contribution in [1.82, 2.24) is 19.1 Å². The summed E-state index contributed by atoms with van der Waals surface area (Å²) in [4.78, 5) is 25.9. The van der Waals surface area contributed by atoms with E-state index in [9.17, 15) is 9.59 Å². The van der Waals surface area contributed by atoms with Gasteiger partial charge in [0.05, 0.1) is 6.54 Å². The molecule has 0 N–H and O–H groups in total. The summed E-state index contributed by atoms with van der Waals surface area (Å²) in [6, 6.07) is 3.56. The normalized spacial score (nSPS) is 15.3. The highest BCUT2D eigenvalue weighted by Gasteiger charge is 2.17. The highest BCUT2D eigenvalue weighted by Crippen LogP contribution is 2.09. The molecule has 1 aliphatic heterocycles. The van der Waals surface area contributed by atoms with Crippen molar-refractivity contribution < 1.29 is 4.79 Å². The van der Waals surface area contributed by atoms with Crippen molar-refractivity contribution >= 4 is 11.4 Å². The first-order valence-corrected chi connectivity index (χ1v) is 6.56. The Morgan fingerprint density at radius 3 is 2.89 bits per heavy atom. The van der Waals surface area contributed by atoms with Crippen molar-refractivity contribution in [3.05, 3.63) is 35.0 Å². The van der Waals surface area contributed by atoms with Crippen LogP contribution in [0.2, 0.25) is 0 Å². The first kappa shape index (κ1) is 12.0. The number of aryl methyl sites for hydroxylation is 1. The Labute approximate surface area is 110 Å². The molecule has 0 aromatic carbocycles. The molecular weight excluding hydrogens is 244 g/mol. The predicted molar refractivity (Wildman–Crippen MR) is 69.9 cm³/mol. The van der Waals surface area contributed by atoms with Crippen LogP contribution in [-0.4, -0.2) is 38.1 Å². The van der Waals surface area contributed by atoms with Gasteiger partial charge in [0.25, 0.3) is 5.56 Å². The lowest BCUT2D eigenvalue weighted by atomic mass is 10.3. The molecule has 0 atom stereocenters. The first-order chi connectivity index (χ1) is 9.25. The average molecular weight is 260 g/mol. The topological polar surface area (TPSA) is 59.6 Å². The van der Waals surface area contributed by atoms with Crippen LogP contribution in [0.5, 0.6) is 0 Å². The van der Waals surface area contributed by atoms with Gasteiger partial charge in [-0.2, -0.15) is 5.10 Å².